The molecule has 5 heteroatoms. The van der Waals surface area contributed by atoms with Crippen molar-refractivity contribution in [1.82, 2.24) is 5.32 Å². The van der Waals surface area contributed by atoms with Crippen LogP contribution in [0.3, 0.4) is 0 Å². The first-order valence-electron chi connectivity index (χ1n) is 6.85. The van der Waals surface area contributed by atoms with Gasteiger partial charge < -0.3 is 10.4 Å². The van der Waals surface area contributed by atoms with Crippen molar-refractivity contribution in [3.05, 3.63) is 71.5 Å². The molecule has 0 aliphatic heterocycles. The van der Waals surface area contributed by atoms with Gasteiger partial charge in [0.15, 0.2) is 0 Å². The highest BCUT2D eigenvalue weighted by Crippen LogP contribution is 2.10. The lowest BCUT2D eigenvalue weighted by Gasteiger charge is -2.13. The first-order valence-corrected chi connectivity index (χ1v) is 6.85. The molecule has 0 aromatic heterocycles. The Morgan fingerprint density at radius 2 is 1.64 bits per heavy atom. The number of carbonyl (C=O) groups excluding carboxylic acids is 1. The molecule has 1 amide bonds. The second-order valence-electron chi connectivity index (χ2n) is 4.92. The summed E-state index contributed by atoms with van der Waals surface area (Å²) in [4.78, 5) is 23.4. The molecule has 114 valence electrons. The number of benzene rings is 2. The van der Waals surface area contributed by atoms with Crippen molar-refractivity contribution in [2.75, 3.05) is 0 Å². The highest BCUT2D eigenvalue weighted by molar-refractivity contribution is 5.97. The predicted molar refractivity (Wildman–Crippen MR) is 79.5 cm³/mol. The maximum atomic E-state index is 12.8. The van der Waals surface area contributed by atoms with Crippen LogP contribution < -0.4 is 5.32 Å². The molecule has 2 rings (SSSR count). The second kappa shape index (κ2) is 7.36. The van der Waals surface area contributed by atoms with E-state index in [0.717, 1.165) is 5.56 Å². The Bertz CT molecular complexity index is 641. The van der Waals surface area contributed by atoms with Gasteiger partial charge in [-0.05, 0) is 29.7 Å². The zero-order chi connectivity index (χ0) is 15.9. The smallest absolute Gasteiger partial charge is 0.316 e. The lowest BCUT2D eigenvalue weighted by atomic mass is 9.98. The van der Waals surface area contributed by atoms with Crippen LogP contribution in [0, 0.1) is 11.7 Å². The van der Waals surface area contributed by atoms with Gasteiger partial charge in [-0.3, -0.25) is 9.59 Å². The number of aliphatic carboxylic acids is 1. The average Bonchev–Trinajstić information content (AvgIpc) is 2.52. The Labute approximate surface area is 127 Å². The van der Waals surface area contributed by atoms with Crippen LogP contribution in [0.25, 0.3) is 0 Å². The molecule has 0 fully saturated rings. The minimum atomic E-state index is -1.17. The number of amides is 1. The third-order valence-electron chi connectivity index (χ3n) is 3.28. The Morgan fingerprint density at radius 1 is 1.00 bits per heavy atom. The van der Waals surface area contributed by atoms with Crippen molar-refractivity contribution < 1.29 is 19.1 Å². The summed E-state index contributed by atoms with van der Waals surface area (Å²) in [7, 11) is 0. The third kappa shape index (κ3) is 4.41. The molecule has 0 spiro atoms. The Hall–Kier alpha value is -2.69. The van der Waals surface area contributed by atoms with Crippen molar-refractivity contribution in [1.29, 1.82) is 0 Å². The molecule has 0 bridgehead atoms. The quantitative estimate of drug-likeness (QED) is 0.805. The minimum absolute atomic E-state index is 0.130. The number of carbonyl (C=O) groups is 2. The largest absolute Gasteiger partial charge is 0.481 e. The van der Waals surface area contributed by atoms with Gasteiger partial charge in [0.1, 0.15) is 11.7 Å². The molecule has 0 saturated carbocycles. The van der Waals surface area contributed by atoms with E-state index in [1.165, 1.54) is 12.1 Å². The molecule has 0 aliphatic rings. The Balaban J connectivity index is 1.97. The van der Waals surface area contributed by atoms with E-state index < -0.39 is 17.8 Å². The lowest BCUT2D eigenvalue weighted by molar-refractivity contribution is -0.147. The third-order valence-corrected chi connectivity index (χ3v) is 3.28. The summed E-state index contributed by atoms with van der Waals surface area (Å²) >= 11 is 0. The fraction of sp³-hybridized carbons (Fsp3) is 0.176. The molecule has 22 heavy (non-hydrogen) atoms. The number of carboxylic acid groups (broad SMARTS) is 1. The van der Waals surface area contributed by atoms with E-state index in [1.54, 1.807) is 36.4 Å². The van der Waals surface area contributed by atoms with Crippen LogP contribution in [-0.2, 0) is 22.6 Å². The van der Waals surface area contributed by atoms with E-state index in [-0.39, 0.29) is 18.8 Å². The molecule has 0 aliphatic carbocycles. The summed E-state index contributed by atoms with van der Waals surface area (Å²) in [5, 5.41) is 11.8. The topological polar surface area (TPSA) is 66.4 Å². The van der Waals surface area contributed by atoms with E-state index in [0.29, 0.717) is 5.56 Å². The first-order chi connectivity index (χ1) is 10.6. The summed E-state index contributed by atoms with van der Waals surface area (Å²) in [6, 6.07) is 14.7. The monoisotopic (exact) mass is 301 g/mol. The maximum Gasteiger partial charge on any atom is 0.316 e. The summed E-state index contributed by atoms with van der Waals surface area (Å²) < 4.78 is 12.8. The van der Waals surface area contributed by atoms with Gasteiger partial charge in [0.2, 0.25) is 5.91 Å². The van der Waals surface area contributed by atoms with E-state index in [2.05, 4.69) is 5.32 Å². The van der Waals surface area contributed by atoms with Crippen molar-refractivity contribution in [3.8, 4) is 0 Å². The SMILES string of the molecule is O=C(O)C(Cc1ccccc1)C(=O)NCc1ccc(F)cc1. The van der Waals surface area contributed by atoms with Crippen LogP contribution in [0.4, 0.5) is 4.39 Å². The number of carboxylic acids is 1. The van der Waals surface area contributed by atoms with E-state index >= 15 is 0 Å². The van der Waals surface area contributed by atoms with Crippen LogP contribution in [0.2, 0.25) is 0 Å². The van der Waals surface area contributed by atoms with Crippen LogP contribution >= 0.6 is 0 Å². The molecule has 1 unspecified atom stereocenters. The van der Waals surface area contributed by atoms with Gasteiger partial charge in [-0.2, -0.15) is 0 Å². The molecule has 0 radical (unpaired) electrons. The molecule has 2 aromatic carbocycles. The van der Waals surface area contributed by atoms with Gasteiger partial charge in [-0.15, -0.1) is 0 Å². The van der Waals surface area contributed by atoms with Crippen LogP contribution in [0.15, 0.2) is 54.6 Å². The average molecular weight is 301 g/mol. The molecule has 4 nitrogen and oxygen atoms in total. The van der Waals surface area contributed by atoms with Crippen molar-refractivity contribution in [2.24, 2.45) is 5.92 Å². The minimum Gasteiger partial charge on any atom is -0.481 e. The van der Waals surface area contributed by atoms with Crippen molar-refractivity contribution >= 4 is 11.9 Å². The van der Waals surface area contributed by atoms with Crippen LogP contribution in [-0.4, -0.2) is 17.0 Å². The fourth-order valence-electron chi connectivity index (χ4n) is 2.06. The zero-order valence-electron chi connectivity index (χ0n) is 11.8. The molecule has 1 atom stereocenters. The number of nitrogens with one attached hydrogen (secondary N) is 1. The van der Waals surface area contributed by atoms with E-state index in [9.17, 15) is 19.1 Å². The molecule has 2 N–H and O–H groups in total. The van der Waals surface area contributed by atoms with E-state index in [1.807, 2.05) is 6.07 Å². The van der Waals surface area contributed by atoms with Crippen molar-refractivity contribution in [2.45, 2.75) is 13.0 Å². The number of hydrogen-bond donors (Lipinski definition) is 2. The van der Waals surface area contributed by atoms with Crippen molar-refractivity contribution in [3.63, 3.8) is 0 Å². The van der Waals surface area contributed by atoms with Gasteiger partial charge in [-0.25, -0.2) is 4.39 Å². The molecular formula is C17H16FNO3. The Kier molecular flexibility index (Phi) is 5.25. The highest BCUT2D eigenvalue weighted by Gasteiger charge is 2.26. The summed E-state index contributed by atoms with van der Waals surface area (Å²) in [6.45, 7) is 0.164. The van der Waals surface area contributed by atoms with Crippen LogP contribution in [0.1, 0.15) is 11.1 Å². The maximum absolute atomic E-state index is 12.8. The van der Waals surface area contributed by atoms with Gasteiger partial charge in [-0.1, -0.05) is 42.5 Å². The van der Waals surface area contributed by atoms with Gasteiger partial charge in [0, 0.05) is 6.54 Å². The standard InChI is InChI=1S/C17H16FNO3/c18-14-8-6-13(7-9-14)11-19-16(20)15(17(21)22)10-12-4-2-1-3-5-12/h1-9,15H,10-11H2,(H,19,20)(H,21,22). The summed E-state index contributed by atoms with van der Waals surface area (Å²) in [5.74, 6) is -3.23. The molecule has 2 aromatic rings. The van der Waals surface area contributed by atoms with Crippen LogP contribution in [0.5, 0.6) is 0 Å². The zero-order valence-corrected chi connectivity index (χ0v) is 11.8. The molecule has 0 heterocycles. The lowest BCUT2D eigenvalue weighted by Crippen LogP contribution is -2.36. The second-order valence-corrected chi connectivity index (χ2v) is 4.92. The number of rotatable bonds is 6. The van der Waals surface area contributed by atoms with Gasteiger partial charge >= 0.3 is 5.97 Å². The number of hydrogen-bond acceptors (Lipinski definition) is 2. The van der Waals surface area contributed by atoms with Gasteiger partial charge in [0.25, 0.3) is 0 Å². The fourth-order valence-corrected chi connectivity index (χ4v) is 2.06. The molecule has 0 saturated heterocycles. The number of halogens is 1. The summed E-state index contributed by atoms with van der Waals surface area (Å²) in [6.07, 6.45) is 0.130. The summed E-state index contributed by atoms with van der Waals surface area (Å²) in [5.41, 5.74) is 1.49. The molecular weight excluding hydrogens is 285 g/mol. The Morgan fingerprint density at radius 3 is 2.23 bits per heavy atom. The van der Waals surface area contributed by atoms with E-state index in [4.69, 9.17) is 0 Å². The van der Waals surface area contributed by atoms with Gasteiger partial charge in [0.05, 0.1) is 0 Å². The highest BCUT2D eigenvalue weighted by atomic mass is 19.1. The normalized spacial score (nSPS) is 11.7. The first kappa shape index (κ1) is 15.7. The predicted octanol–water partition coefficient (Wildman–Crippen LogP) is 2.39.